The summed E-state index contributed by atoms with van der Waals surface area (Å²) in [5, 5.41) is 15.2. The van der Waals surface area contributed by atoms with Crippen molar-refractivity contribution in [1.82, 2.24) is 9.80 Å². The quantitative estimate of drug-likeness (QED) is 0.280. The zero-order valence-electron chi connectivity index (χ0n) is 21.8. The zero-order valence-corrected chi connectivity index (χ0v) is 22.9. The SMILES string of the molecule is O=Cc1cccc(F)c1NCCN1CCOCC1.OCc1cccc(F)c1NCCN1CCOCC1.[O]=[Mn]=[O]. The van der Waals surface area contributed by atoms with E-state index >= 15 is 0 Å². The Hall–Kier alpha value is -2.51. The number of para-hydroxylation sites is 2. The van der Waals surface area contributed by atoms with E-state index in [9.17, 15) is 13.6 Å². The molecule has 10 nitrogen and oxygen atoms in total. The van der Waals surface area contributed by atoms with Crippen molar-refractivity contribution >= 4 is 17.7 Å². The van der Waals surface area contributed by atoms with E-state index in [2.05, 4.69) is 20.4 Å². The number of halogens is 2. The van der Waals surface area contributed by atoms with Gasteiger partial charge >= 0.3 is 22.5 Å². The van der Waals surface area contributed by atoms with Crippen LogP contribution in [0.1, 0.15) is 15.9 Å². The van der Waals surface area contributed by atoms with Crippen molar-refractivity contribution < 1.29 is 50.6 Å². The molecule has 0 aromatic heterocycles. The summed E-state index contributed by atoms with van der Waals surface area (Å²) in [7, 11) is 0. The van der Waals surface area contributed by atoms with Crippen molar-refractivity contribution in [1.29, 1.82) is 0 Å². The van der Waals surface area contributed by atoms with E-state index in [0.29, 0.717) is 41.9 Å². The normalized spacial score (nSPS) is 15.7. The third-order valence-electron chi connectivity index (χ3n) is 6.11. The molecule has 0 spiro atoms. The molecule has 2 aromatic carbocycles. The Bertz CT molecular complexity index is 1030. The molecule has 0 aliphatic carbocycles. The Balaban J connectivity index is 0.000000249. The number of benzene rings is 2. The molecule has 2 fully saturated rings. The summed E-state index contributed by atoms with van der Waals surface area (Å²) in [6, 6.07) is 9.22. The summed E-state index contributed by atoms with van der Waals surface area (Å²) in [6.45, 7) is 9.46. The summed E-state index contributed by atoms with van der Waals surface area (Å²) < 4.78 is 54.5. The number of aliphatic hydroxyl groups excluding tert-OH is 1. The van der Waals surface area contributed by atoms with Crippen LogP contribution >= 0.6 is 0 Å². The zero-order chi connectivity index (χ0) is 28.3. The Morgan fingerprint density at radius 3 is 1.77 bits per heavy atom. The first-order chi connectivity index (χ1) is 19.0. The average Bonchev–Trinajstić information content (AvgIpc) is 2.96. The fourth-order valence-electron chi connectivity index (χ4n) is 4.05. The van der Waals surface area contributed by atoms with Crippen molar-refractivity contribution in [3.8, 4) is 0 Å². The summed E-state index contributed by atoms with van der Waals surface area (Å²) >= 11 is -1.44. The molecular formula is C26H36F2MnN4O6. The fraction of sp³-hybridized carbons (Fsp3) is 0.500. The number of carbonyl (C=O) groups excluding carboxylic acids is 1. The molecule has 0 saturated carbocycles. The minimum absolute atomic E-state index is 0.155. The van der Waals surface area contributed by atoms with Gasteiger partial charge in [-0.15, -0.1) is 0 Å². The first-order valence-electron chi connectivity index (χ1n) is 12.6. The molecule has 2 aliphatic heterocycles. The van der Waals surface area contributed by atoms with Gasteiger partial charge in [-0.1, -0.05) is 18.2 Å². The number of anilines is 2. The summed E-state index contributed by atoms with van der Waals surface area (Å²) in [4.78, 5) is 15.3. The molecule has 0 amide bonds. The number of carbonyl (C=O) groups is 1. The van der Waals surface area contributed by atoms with E-state index in [1.54, 1.807) is 18.2 Å². The summed E-state index contributed by atoms with van der Waals surface area (Å²) in [6.07, 6.45) is 0.667. The number of hydrogen-bond donors (Lipinski definition) is 3. The van der Waals surface area contributed by atoms with Crippen molar-refractivity contribution in [3.05, 3.63) is 59.2 Å². The van der Waals surface area contributed by atoms with Crippen LogP contribution in [0, 0.1) is 11.6 Å². The van der Waals surface area contributed by atoms with Crippen LogP contribution in [0.5, 0.6) is 0 Å². The Labute approximate surface area is 233 Å². The molecule has 2 saturated heterocycles. The number of aliphatic hydroxyl groups is 1. The maximum atomic E-state index is 13.6. The molecule has 0 radical (unpaired) electrons. The predicted octanol–water partition coefficient (Wildman–Crippen LogP) is 2.20. The second-order valence-electron chi connectivity index (χ2n) is 8.58. The molecule has 4 rings (SSSR count). The standard InChI is InChI=1S/C13H19FN2O2.C13H17FN2O2.Mn.2O/c2*14-12-3-1-2-11(10-17)13(12)15-4-5-16-6-8-18-9-7-16;;;/h1-3,15,17H,4-10H2;1-3,10,15H,4-9H2;;;. The molecule has 13 heteroatoms. The molecule has 2 heterocycles. The maximum absolute atomic E-state index is 13.6. The van der Waals surface area contributed by atoms with Crippen LogP contribution in [0.15, 0.2) is 36.4 Å². The Morgan fingerprint density at radius 1 is 0.821 bits per heavy atom. The van der Waals surface area contributed by atoms with Gasteiger partial charge in [0, 0.05) is 63.5 Å². The second kappa shape index (κ2) is 19.5. The average molecular weight is 594 g/mol. The van der Waals surface area contributed by atoms with E-state index in [1.807, 2.05) is 0 Å². The van der Waals surface area contributed by atoms with Crippen LogP contribution in [-0.4, -0.2) is 100.0 Å². The van der Waals surface area contributed by atoms with Gasteiger partial charge in [0.1, 0.15) is 11.6 Å². The number of hydrogen-bond acceptors (Lipinski definition) is 10. The van der Waals surface area contributed by atoms with Gasteiger partial charge in [-0.25, -0.2) is 8.78 Å². The number of nitrogens with one attached hydrogen (secondary N) is 2. The molecule has 0 bridgehead atoms. The van der Waals surface area contributed by atoms with Crippen LogP contribution in [0.25, 0.3) is 0 Å². The molecule has 0 atom stereocenters. The third kappa shape index (κ3) is 12.0. The number of aldehydes is 1. The van der Waals surface area contributed by atoms with Crippen molar-refractivity contribution in [2.24, 2.45) is 0 Å². The van der Waals surface area contributed by atoms with Crippen LogP contribution in [0.3, 0.4) is 0 Å². The van der Waals surface area contributed by atoms with Gasteiger partial charge in [0.25, 0.3) is 0 Å². The molecule has 0 unspecified atom stereocenters. The number of rotatable bonds is 10. The van der Waals surface area contributed by atoms with Gasteiger partial charge in [0.05, 0.1) is 44.4 Å². The van der Waals surface area contributed by atoms with E-state index in [4.69, 9.17) is 22.2 Å². The fourth-order valence-corrected chi connectivity index (χ4v) is 4.05. The number of morpholine rings is 2. The topological polar surface area (TPSA) is 120 Å². The molecular weight excluding hydrogens is 557 g/mol. The predicted molar refractivity (Wildman–Crippen MR) is 137 cm³/mol. The van der Waals surface area contributed by atoms with Gasteiger partial charge < -0.3 is 25.2 Å². The van der Waals surface area contributed by atoms with Gasteiger partial charge in [0.15, 0.2) is 6.29 Å². The van der Waals surface area contributed by atoms with E-state index < -0.39 is 14.8 Å². The van der Waals surface area contributed by atoms with Crippen molar-refractivity contribution in [2.75, 3.05) is 89.4 Å². The number of nitrogens with zero attached hydrogens (tertiary/aromatic N) is 2. The molecule has 2 aromatic rings. The van der Waals surface area contributed by atoms with Crippen LogP contribution in [0.4, 0.5) is 20.2 Å². The van der Waals surface area contributed by atoms with E-state index in [0.717, 1.165) is 65.7 Å². The van der Waals surface area contributed by atoms with Crippen LogP contribution < -0.4 is 10.6 Å². The van der Waals surface area contributed by atoms with Gasteiger partial charge in [-0.3, -0.25) is 14.6 Å². The van der Waals surface area contributed by atoms with Gasteiger partial charge in [0.2, 0.25) is 0 Å². The second-order valence-corrected chi connectivity index (χ2v) is 8.78. The Kier molecular flexibility index (Phi) is 16.4. The summed E-state index contributed by atoms with van der Waals surface area (Å²) in [5.41, 5.74) is 1.66. The Morgan fingerprint density at radius 2 is 1.28 bits per heavy atom. The first kappa shape index (κ1) is 32.7. The van der Waals surface area contributed by atoms with Crippen LogP contribution in [-0.2, 0) is 38.6 Å². The van der Waals surface area contributed by atoms with Gasteiger partial charge in [-0.05, 0) is 18.2 Å². The van der Waals surface area contributed by atoms with Gasteiger partial charge in [-0.2, -0.15) is 0 Å². The molecule has 2 aliphatic rings. The molecule has 217 valence electrons. The third-order valence-corrected chi connectivity index (χ3v) is 6.11. The molecule has 3 N–H and O–H groups in total. The monoisotopic (exact) mass is 593 g/mol. The first-order valence-corrected chi connectivity index (χ1v) is 13.6. The number of ether oxygens (including phenoxy) is 2. The van der Waals surface area contributed by atoms with E-state index in [-0.39, 0.29) is 18.2 Å². The van der Waals surface area contributed by atoms with Crippen molar-refractivity contribution in [3.63, 3.8) is 0 Å². The minimum atomic E-state index is -1.44. The van der Waals surface area contributed by atoms with Crippen LogP contribution in [0.2, 0.25) is 0 Å². The van der Waals surface area contributed by atoms with E-state index in [1.165, 1.54) is 18.2 Å². The summed E-state index contributed by atoms with van der Waals surface area (Å²) in [5.74, 6) is -0.704. The molecule has 39 heavy (non-hydrogen) atoms. The van der Waals surface area contributed by atoms with Crippen molar-refractivity contribution in [2.45, 2.75) is 6.61 Å².